The number of amides is 3. The molecule has 264 valence electrons. The molecule has 0 aromatic heterocycles. The highest BCUT2D eigenvalue weighted by atomic mass is 16.5. The van der Waals surface area contributed by atoms with Crippen molar-refractivity contribution >= 4 is 17.7 Å². The van der Waals surface area contributed by atoms with Gasteiger partial charge in [-0.1, -0.05) is 72.8 Å². The lowest BCUT2D eigenvalue weighted by Crippen LogP contribution is -2.33. The number of aromatic hydroxyl groups is 1. The van der Waals surface area contributed by atoms with Gasteiger partial charge in [0.25, 0.3) is 11.8 Å². The van der Waals surface area contributed by atoms with E-state index in [4.69, 9.17) is 19.9 Å². The Morgan fingerprint density at radius 2 is 1.25 bits per heavy atom. The molecule has 0 aliphatic carbocycles. The first-order chi connectivity index (χ1) is 24.8. The number of carbonyl (C=O) groups is 3. The van der Waals surface area contributed by atoms with E-state index in [0.29, 0.717) is 42.1 Å². The first kappa shape index (κ1) is 37.6. The Bertz CT molecular complexity index is 1820. The third kappa shape index (κ3) is 12.0. The van der Waals surface area contributed by atoms with Crippen LogP contribution in [0.15, 0.2) is 133 Å². The van der Waals surface area contributed by atoms with E-state index in [1.54, 1.807) is 66.6 Å². The van der Waals surface area contributed by atoms with Crippen LogP contribution in [0.25, 0.3) is 0 Å². The molecule has 5 aromatic carbocycles. The number of rotatable bonds is 14. The van der Waals surface area contributed by atoms with Crippen LogP contribution < -0.4 is 25.8 Å². The maximum Gasteiger partial charge on any atom is 0.251 e. The number of nitrogens with one attached hydrogen (secondary N) is 3. The SMILES string of the molecule is COc1cccc(CC(CCNC(=O)c2ccc(Oc3ccccc3)cc2)C(=O)NO)c1.O=C(NO)C(Cc1ccc(O)cc1)c1ccccc1. The Morgan fingerprint density at radius 3 is 1.88 bits per heavy atom. The van der Waals surface area contributed by atoms with Crippen LogP contribution in [0.2, 0.25) is 0 Å². The molecule has 0 aliphatic heterocycles. The molecule has 11 heteroatoms. The van der Waals surface area contributed by atoms with Gasteiger partial charge in [-0.3, -0.25) is 24.8 Å². The van der Waals surface area contributed by atoms with Gasteiger partial charge in [-0.15, -0.1) is 0 Å². The lowest BCUT2D eigenvalue weighted by atomic mass is 9.91. The van der Waals surface area contributed by atoms with Gasteiger partial charge in [-0.25, -0.2) is 11.0 Å². The van der Waals surface area contributed by atoms with Crippen molar-refractivity contribution in [1.29, 1.82) is 0 Å². The number of methoxy groups -OCH3 is 1. The molecular formula is C40H41N3O8. The van der Waals surface area contributed by atoms with Crippen LogP contribution in [-0.2, 0) is 22.4 Å². The molecule has 5 rings (SSSR count). The van der Waals surface area contributed by atoms with Crippen molar-refractivity contribution in [1.82, 2.24) is 16.3 Å². The Hall–Kier alpha value is -6.17. The molecule has 0 radical (unpaired) electrons. The van der Waals surface area contributed by atoms with Gasteiger partial charge in [0, 0.05) is 18.0 Å². The summed E-state index contributed by atoms with van der Waals surface area (Å²) in [5.74, 6) is 0.0688. The fraction of sp³-hybridized carbons (Fsp3) is 0.175. The smallest absolute Gasteiger partial charge is 0.251 e. The molecule has 0 saturated heterocycles. The second-order valence-corrected chi connectivity index (χ2v) is 11.5. The van der Waals surface area contributed by atoms with Crippen LogP contribution in [0.3, 0.4) is 0 Å². The quantitative estimate of drug-likeness (QED) is 0.0592. The van der Waals surface area contributed by atoms with Crippen molar-refractivity contribution < 1.29 is 39.4 Å². The minimum Gasteiger partial charge on any atom is -0.508 e. The van der Waals surface area contributed by atoms with Crippen molar-refractivity contribution in [2.75, 3.05) is 13.7 Å². The number of hydrogen-bond acceptors (Lipinski definition) is 8. The van der Waals surface area contributed by atoms with Gasteiger partial charge < -0.3 is 19.9 Å². The van der Waals surface area contributed by atoms with Gasteiger partial charge >= 0.3 is 0 Å². The first-order valence-corrected chi connectivity index (χ1v) is 16.2. The zero-order chi connectivity index (χ0) is 36.4. The summed E-state index contributed by atoms with van der Waals surface area (Å²) in [4.78, 5) is 36.3. The van der Waals surface area contributed by atoms with Crippen molar-refractivity contribution in [2.45, 2.75) is 25.2 Å². The predicted molar refractivity (Wildman–Crippen MR) is 191 cm³/mol. The highest BCUT2D eigenvalue weighted by Crippen LogP contribution is 2.23. The molecular weight excluding hydrogens is 650 g/mol. The lowest BCUT2D eigenvalue weighted by Gasteiger charge is -2.16. The summed E-state index contributed by atoms with van der Waals surface area (Å²) in [6.07, 6.45) is 1.23. The van der Waals surface area contributed by atoms with Crippen molar-refractivity contribution in [3.63, 3.8) is 0 Å². The first-order valence-electron chi connectivity index (χ1n) is 16.2. The van der Waals surface area contributed by atoms with Crippen LogP contribution >= 0.6 is 0 Å². The summed E-state index contributed by atoms with van der Waals surface area (Å²) in [5, 5.41) is 30.0. The van der Waals surface area contributed by atoms with E-state index in [0.717, 1.165) is 16.7 Å². The summed E-state index contributed by atoms with van der Waals surface area (Å²) >= 11 is 0. The summed E-state index contributed by atoms with van der Waals surface area (Å²) in [5.41, 5.74) is 6.56. The summed E-state index contributed by atoms with van der Waals surface area (Å²) < 4.78 is 10.9. The van der Waals surface area contributed by atoms with Crippen LogP contribution in [0.5, 0.6) is 23.0 Å². The lowest BCUT2D eigenvalue weighted by molar-refractivity contribution is -0.133. The highest BCUT2D eigenvalue weighted by Gasteiger charge is 2.21. The van der Waals surface area contributed by atoms with Gasteiger partial charge in [0.05, 0.1) is 13.0 Å². The number of hydrogen-bond donors (Lipinski definition) is 6. The van der Waals surface area contributed by atoms with E-state index < -0.39 is 23.7 Å². The molecule has 0 saturated carbocycles. The number of phenols is 1. The standard InChI is InChI=1S/C25H26N2O5.C15H15NO3/c1-31-23-9-5-6-18(17-23)16-20(25(29)27-30)14-15-26-24(28)19-10-12-22(13-11-19)32-21-7-3-2-4-8-21;17-13-8-6-11(7-9-13)10-14(15(18)16-19)12-4-2-1-3-5-12/h2-13,17,20,30H,14-16H2,1H3,(H,26,28)(H,27,29);1-9,14,17,19H,10H2,(H,16,18). The zero-order valence-electron chi connectivity index (χ0n) is 28.1. The molecule has 0 heterocycles. The molecule has 0 spiro atoms. The van der Waals surface area contributed by atoms with Crippen molar-refractivity contribution in [3.8, 4) is 23.0 Å². The van der Waals surface area contributed by atoms with Gasteiger partial charge in [0.15, 0.2) is 0 Å². The number of benzene rings is 5. The second-order valence-electron chi connectivity index (χ2n) is 11.5. The zero-order valence-corrected chi connectivity index (χ0v) is 28.1. The molecule has 51 heavy (non-hydrogen) atoms. The monoisotopic (exact) mass is 691 g/mol. The maximum absolute atomic E-state index is 12.5. The third-order valence-electron chi connectivity index (χ3n) is 7.98. The van der Waals surface area contributed by atoms with Gasteiger partial charge in [0.1, 0.15) is 23.0 Å². The molecule has 11 nitrogen and oxygen atoms in total. The molecule has 6 N–H and O–H groups in total. The molecule has 0 fully saturated rings. The van der Waals surface area contributed by atoms with E-state index in [9.17, 15) is 19.5 Å². The molecule has 0 bridgehead atoms. The van der Waals surface area contributed by atoms with E-state index in [1.807, 2.05) is 84.9 Å². The Morgan fingerprint density at radius 1 is 0.647 bits per heavy atom. The van der Waals surface area contributed by atoms with E-state index >= 15 is 0 Å². The number of ether oxygens (including phenoxy) is 2. The van der Waals surface area contributed by atoms with Crippen molar-refractivity contribution in [2.24, 2.45) is 5.92 Å². The molecule has 2 unspecified atom stereocenters. The molecule has 5 aromatic rings. The molecule has 2 atom stereocenters. The summed E-state index contributed by atoms with van der Waals surface area (Å²) in [6, 6.07) is 39.5. The Labute approximate surface area is 296 Å². The molecule has 0 aliphatic rings. The van der Waals surface area contributed by atoms with Crippen LogP contribution in [0.4, 0.5) is 0 Å². The minimum absolute atomic E-state index is 0.187. The fourth-order valence-electron chi connectivity index (χ4n) is 5.25. The van der Waals surface area contributed by atoms with Crippen molar-refractivity contribution in [3.05, 3.63) is 156 Å². The van der Waals surface area contributed by atoms with Crippen LogP contribution in [0.1, 0.15) is 39.4 Å². The molecule has 3 amide bonds. The topological polar surface area (TPSA) is 166 Å². The normalized spacial score (nSPS) is 11.5. The Kier molecular flexibility index (Phi) is 14.6. The third-order valence-corrected chi connectivity index (χ3v) is 7.98. The van der Waals surface area contributed by atoms with Gasteiger partial charge in [0.2, 0.25) is 5.91 Å². The number of para-hydroxylation sites is 1. The minimum atomic E-state index is -0.506. The number of carbonyl (C=O) groups excluding carboxylic acids is 3. The highest BCUT2D eigenvalue weighted by molar-refractivity contribution is 5.94. The average molecular weight is 692 g/mol. The average Bonchev–Trinajstić information content (AvgIpc) is 3.18. The van der Waals surface area contributed by atoms with E-state index in [1.165, 1.54) is 0 Å². The summed E-state index contributed by atoms with van der Waals surface area (Å²) in [7, 11) is 1.58. The largest absolute Gasteiger partial charge is 0.508 e. The van der Waals surface area contributed by atoms with Crippen LogP contribution in [-0.4, -0.2) is 46.9 Å². The maximum atomic E-state index is 12.5. The fourth-order valence-corrected chi connectivity index (χ4v) is 5.25. The Balaban J connectivity index is 0.000000261. The van der Waals surface area contributed by atoms with E-state index in [-0.39, 0.29) is 18.2 Å². The predicted octanol–water partition coefficient (Wildman–Crippen LogP) is 6.20. The second kappa shape index (κ2) is 19.7. The number of phenolic OH excluding ortho intramolecular Hbond substituents is 1. The van der Waals surface area contributed by atoms with E-state index in [2.05, 4.69) is 5.32 Å². The van der Waals surface area contributed by atoms with Crippen LogP contribution in [0, 0.1) is 5.92 Å². The van der Waals surface area contributed by atoms with Gasteiger partial charge in [-0.05, 0) is 96.6 Å². The van der Waals surface area contributed by atoms with Gasteiger partial charge in [-0.2, -0.15) is 0 Å². The summed E-state index contributed by atoms with van der Waals surface area (Å²) in [6.45, 7) is 0.281. The number of hydroxylamine groups is 2.